The topological polar surface area (TPSA) is 58.3 Å². The number of phenols is 1. The number of aromatic hydroxyl groups is 1. The Kier molecular flexibility index (Phi) is 4.68. The van der Waals surface area contributed by atoms with Crippen LogP contribution in [-0.4, -0.2) is 16.8 Å². The van der Waals surface area contributed by atoms with Gasteiger partial charge in [0, 0.05) is 23.7 Å². The smallest absolute Gasteiger partial charge is 0.137 e. The van der Waals surface area contributed by atoms with E-state index in [1.54, 1.807) is 6.07 Å². The first-order chi connectivity index (χ1) is 9.47. The first-order valence-electron chi connectivity index (χ1n) is 6.59. The maximum absolute atomic E-state index is 9.49. The fraction of sp³-hybridized carbons (Fsp3) is 0.400. The molecular formula is C15H19ClN2O2. The van der Waals surface area contributed by atoms with Gasteiger partial charge in [-0.1, -0.05) is 23.7 Å². The van der Waals surface area contributed by atoms with Gasteiger partial charge in [0.15, 0.2) is 0 Å². The number of hydrogen-bond acceptors (Lipinski definition) is 4. The number of aryl methyl sites for hydroxylation is 2. The van der Waals surface area contributed by atoms with E-state index in [0.29, 0.717) is 17.5 Å². The van der Waals surface area contributed by atoms with E-state index in [0.717, 1.165) is 29.1 Å². The molecule has 1 heterocycles. The second-order valence-electron chi connectivity index (χ2n) is 5.09. The molecule has 20 heavy (non-hydrogen) atoms. The van der Waals surface area contributed by atoms with Crippen LogP contribution in [0.25, 0.3) is 0 Å². The zero-order valence-electron chi connectivity index (χ0n) is 11.9. The Balaban J connectivity index is 1.93. The quantitative estimate of drug-likeness (QED) is 0.885. The molecule has 0 aliphatic rings. The molecule has 1 aromatic carbocycles. The molecule has 0 amide bonds. The number of aromatic nitrogens is 1. The molecule has 0 fully saturated rings. The van der Waals surface area contributed by atoms with Crippen LogP contribution < -0.4 is 5.32 Å². The van der Waals surface area contributed by atoms with Gasteiger partial charge in [-0.25, -0.2) is 0 Å². The summed E-state index contributed by atoms with van der Waals surface area (Å²) in [4.78, 5) is 0. The maximum Gasteiger partial charge on any atom is 0.137 e. The molecule has 1 unspecified atom stereocenters. The standard InChI is InChI=1S/C15H19ClN2O2/c1-9(15-10(2)18-20-11(15)3)7-17-8-12-4-13(16)6-14(19)5-12/h4-6,9,17,19H,7-8H2,1-3H3. The van der Waals surface area contributed by atoms with Gasteiger partial charge in [0.25, 0.3) is 0 Å². The molecule has 0 radical (unpaired) electrons. The molecule has 1 atom stereocenters. The molecule has 0 aliphatic carbocycles. The highest BCUT2D eigenvalue weighted by Crippen LogP contribution is 2.23. The van der Waals surface area contributed by atoms with E-state index in [9.17, 15) is 5.11 Å². The van der Waals surface area contributed by atoms with Crippen LogP contribution in [0.3, 0.4) is 0 Å². The van der Waals surface area contributed by atoms with Gasteiger partial charge in [-0.05, 0) is 43.5 Å². The van der Waals surface area contributed by atoms with Crippen molar-refractivity contribution in [2.45, 2.75) is 33.2 Å². The van der Waals surface area contributed by atoms with Crippen molar-refractivity contribution in [1.82, 2.24) is 10.5 Å². The molecule has 2 aromatic rings. The van der Waals surface area contributed by atoms with Crippen LogP contribution in [0.2, 0.25) is 5.02 Å². The van der Waals surface area contributed by atoms with Crippen molar-refractivity contribution in [3.8, 4) is 5.75 Å². The van der Waals surface area contributed by atoms with E-state index in [-0.39, 0.29) is 5.75 Å². The summed E-state index contributed by atoms with van der Waals surface area (Å²) in [5.74, 6) is 1.37. The fourth-order valence-electron chi connectivity index (χ4n) is 2.46. The van der Waals surface area contributed by atoms with Crippen molar-refractivity contribution in [2.75, 3.05) is 6.54 Å². The molecule has 2 rings (SSSR count). The Labute approximate surface area is 123 Å². The zero-order valence-corrected chi connectivity index (χ0v) is 12.7. The predicted octanol–water partition coefficient (Wildman–Crippen LogP) is 3.54. The van der Waals surface area contributed by atoms with Crippen LogP contribution in [0.15, 0.2) is 22.7 Å². The second-order valence-corrected chi connectivity index (χ2v) is 5.52. The van der Waals surface area contributed by atoms with Crippen LogP contribution in [-0.2, 0) is 6.54 Å². The molecule has 0 saturated heterocycles. The largest absolute Gasteiger partial charge is 0.508 e. The van der Waals surface area contributed by atoms with Crippen LogP contribution in [0.1, 0.15) is 35.4 Å². The summed E-state index contributed by atoms with van der Waals surface area (Å²) in [5.41, 5.74) is 3.06. The highest BCUT2D eigenvalue weighted by atomic mass is 35.5. The summed E-state index contributed by atoms with van der Waals surface area (Å²) in [5, 5.41) is 17.4. The lowest BCUT2D eigenvalue weighted by atomic mass is 9.99. The molecule has 0 bridgehead atoms. The zero-order chi connectivity index (χ0) is 14.7. The summed E-state index contributed by atoms with van der Waals surface area (Å²) in [6.45, 7) is 7.48. The molecule has 1 aromatic heterocycles. The van der Waals surface area contributed by atoms with Gasteiger partial charge < -0.3 is 14.9 Å². The van der Waals surface area contributed by atoms with E-state index in [2.05, 4.69) is 17.4 Å². The first kappa shape index (κ1) is 14.9. The molecule has 0 spiro atoms. The summed E-state index contributed by atoms with van der Waals surface area (Å²) < 4.78 is 5.18. The summed E-state index contributed by atoms with van der Waals surface area (Å²) in [7, 11) is 0. The Morgan fingerprint density at radius 2 is 2.10 bits per heavy atom. The molecule has 0 saturated carbocycles. The first-order valence-corrected chi connectivity index (χ1v) is 6.97. The third-order valence-electron chi connectivity index (χ3n) is 3.30. The SMILES string of the molecule is Cc1noc(C)c1C(C)CNCc1cc(O)cc(Cl)c1. The van der Waals surface area contributed by atoms with Crippen molar-refractivity contribution in [2.24, 2.45) is 0 Å². The van der Waals surface area contributed by atoms with Gasteiger partial charge >= 0.3 is 0 Å². The Hall–Kier alpha value is -1.52. The number of rotatable bonds is 5. The lowest BCUT2D eigenvalue weighted by molar-refractivity contribution is 0.391. The average Bonchev–Trinajstić information content (AvgIpc) is 2.67. The Bertz CT molecular complexity index is 556. The fourth-order valence-corrected chi connectivity index (χ4v) is 2.72. The van der Waals surface area contributed by atoms with E-state index >= 15 is 0 Å². The van der Waals surface area contributed by atoms with Crippen molar-refractivity contribution in [3.63, 3.8) is 0 Å². The van der Waals surface area contributed by atoms with E-state index in [1.807, 2.05) is 19.9 Å². The van der Waals surface area contributed by atoms with Gasteiger partial charge in [0.2, 0.25) is 0 Å². The van der Waals surface area contributed by atoms with Crippen LogP contribution >= 0.6 is 11.6 Å². The van der Waals surface area contributed by atoms with Crippen LogP contribution in [0.5, 0.6) is 5.75 Å². The van der Waals surface area contributed by atoms with Gasteiger partial charge in [0.05, 0.1) is 5.69 Å². The van der Waals surface area contributed by atoms with Crippen molar-refractivity contribution >= 4 is 11.6 Å². The van der Waals surface area contributed by atoms with Gasteiger partial charge in [-0.15, -0.1) is 0 Å². The summed E-state index contributed by atoms with van der Waals surface area (Å²) in [6.07, 6.45) is 0. The lowest BCUT2D eigenvalue weighted by Gasteiger charge is -2.13. The average molecular weight is 295 g/mol. The molecular weight excluding hydrogens is 276 g/mol. The highest BCUT2D eigenvalue weighted by molar-refractivity contribution is 6.30. The van der Waals surface area contributed by atoms with E-state index < -0.39 is 0 Å². The van der Waals surface area contributed by atoms with Crippen molar-refractivity contribution in [1.29, 1.82) is 0 Å². The van der Waals surface area contributed by atoms with Crippen molar-refractivity contribution in [3.05, 3.63) is 45.8 Å². The third-order valence-corrected chi connectivity index (χ3v) is 3.52. The monoisotopic (exact) mass is 294 g/mol. The molecule has 108 valence electrons. The minimum atomic E-state index is 0.188. The molecule has 4 nitrogen and oxygen atoms in total. The minimum Gasteiger partial charge on any atom is -0.508 e. The highest BCUT2D eigenvalue weighted by Gasteiger charge is 2.15. The number of benzene rings is 1. The Morgan fingerprint density at radius 3 is 2.70 bits per heavy atom. The van der Waals surface area contributed by atoms with Crippen LogP contribution in [0, 0.1) is 13.8 Å². The number of halogens is 1. The maximum atomic E-state index is 9.49. The van der Waals surface area contributed by atoms with Crippen LogP contribution in [0.4, 0.5) is 0 Å². The van der Waals surface area contributed by atoms with Gasteiger partial charge in [-0.2, -0.15) is 0 Å². The lowest BCUT2D eigenvalue weighted by Crippen LogP contribution is -2.20. The van der Waals surface area contributed by atoms with E-state index in [4.69, 9.17) is 16.1 Å². The number of nitrogens with zero attached hydrogens (tertiary/aromatic N) is 1. The second kappa shape index (κ2) is 6.29. The van der Waals surface area contributed by atoms with Gasteiger partial charge in [-0.3, -0.25) is 0 Å². The summed E-state index contributed by atoms with van der Waals surface area (Å²) >= 11 is 5.91. The summed E-state index contributed by atoms with van der Waals surface area (Å²) in [6, 6.07) is 5.08. The molecule has 5 heteroatoms. The van der Waals surface area contributed by atoms with E-state index in [1.165, 1.54) is 6.07 Å². The van der Waals surface area contributed by atoms with Gasteiger partial charge in [0.1, 0.15) is 11.5 Å². The number of hydrogen-bond donors (Lipinski definition) is 2. The predicted molar refractivity (Wildman–Crippen MR) is 79.2 cm³/mol. The van der Waals surface area contributed by atoms with Crippen molar-refractivity contribution < 1.29 is 9.63 Å². The molecule has 2 N–H and O–H groups in total. The molecule has 0 aliphatic heterocycles. The Morgan fingerprint density at radius 1 is 1.35 bits per heavy atom. The number of phenolic OH excluding ortho intramolecular Hbond substituents is 1. The third kappa shape index (κ3) is 3.52. The normalized spacial score (nSPS) is 12.6. The number of nitrogens with one attached hydrogen (secondary N) is 1. The minimum absolute atomic E-state index is 0.188.